The van der Waals surface area contributed by atoms with Crippen LogP contribution in [0.3, 0.4) is 0 Å². The van der Waals surface area contributed by atoms with Gasteiger partial charge in [-0.15, -0.1) is 12.6 Å². The van der Waals surface area contributed by atoms with Crippen LogP contribution in [0.25, 0.3) is 22.1 Å². The lowest BCUT2D eigenvalue weighted by atomic mass is 9.83. The molecule has 6 aromatic carbocycles. The molecule has 0 atom stereocenters. The Kier molecular flexibility index (Phi) is 10.5. The van der Waals surface area contributed by atoms with Crippen LogP contribution < -0.4 is 0 Å². The molecule has 0 N–H and O–H groups in total. The quantitative estimate of drug-likeness (QED) is 0.170. The summed E-state index contributed by atoms with van der Waals surface area (Å²) in [6.45, 7) is 8.23. The lowest BCUT2D eigenvalue weighted by Gasteiger charge is -2.18. The molecule has 0 fully saturated rings. The summed E-state index contributed by atoms with van der Waals surface area (Å²) in [7, 11) is 0. The molecule has 2 aliphatic rings. The third kappa shape index (κ3) is 7.02. The molecule has 8 aromatic rings. The van der Waals surface area contributed by atoms with Gasteiger partial charge < -0.3 is 0 Å². The van der Waals surface area contributed by atoms with Gasteiger partial charge in [0.25, 0.3) is 0 Å². The van der Waals surface area contributed by atoms with Crippen LogP contribution in [-0.2, 0) is 0 Å². The first-order valence-corrected chi connectivity index (χ1v) is 20.6. The van der Waals surface area contributed by atoms with Crippen molar-refractivity contribution in [3.05, 3.63) is 169 Å². The zero-order valence-electron chi connectivity index (χ0n) is 30.7. The number of thiol groups is 1. The van der Waals surface area contributed by atoms with Crippen molar-refractivity contribution in [3.63, 3.8) is 0 Å². The number of hydrogen-bond acceptors (Lipinski definition) is 12. The fourth-order valence-corrected chi connectivity index (χ4v) is 9.57. The third-order valence-electron chi connectivity index (χ3n) is 9.70. The second-order valence-electron chi connectivity index (χ2n) is 13.6. The zero-order valence-corrected chi connectivity index (χ0v) is 34.8. The molecule has 10 rings (SSSR count). The highest BCUT2D eigenvalue weighted by Crippen LogP contribution is 2.41. The largest absolute Gasteiger partial charge is 0.289 e. The maximum atomic E-state index is 13.1. The lowest BCUT2D eigenvalue weighted by molar-refractivity contribution is 0.0980. The minimum absolute atomic E-state index is 0.136. The Morgan fingerprint density at radius 3 is 1.49 bits per heavy atom. The first-order chi connectivity index (χ1) is 27.4. The highest BCUT2D eigenvalue weighted by atomic mass is 35.5. The number of rotatable bonds is 2. The Hall–Kier alpha value is -5.37. The predicted octanol–water partition coefficient (Wildman–Crippen LogP) is 10.9. The molecule has 2 aromatic heterocycles. The molecular weight excluding hydrogens is 812 g/mol. The number of aromatic nitrogens is 4. The third-order valence-corrected chi connectivity index (χ3v) is 12.7. The highest BCUT2D eigenvalue weighted by Gasteiger charge is 2.34. The fraction of sp³-hybridized carbons (Fsp3) is 0.0909. The highest BCUT2D eigenvalue weighted by molar-refractivity contribution is 7.99. The van der Waals surface area contributed by atoms with Gasteiger partial charge in [-0.1, -0.05) is 102 Å². The van der Waals surface area contributed by atoms with Gasteiger partial charge in [-0.05, 0) is 68.7 Å². The summed E-state index contributed by atoms with van der Waals surface area (Å²) >= 11 is 14.0. The van der Waals surface area contributed by atoms with Gasteiger partial charge in [0.15, 0.2) is 23.1 Å². The molecule has 0 unspecified atom stereocenters. The van der Waals surface area contributed by atoms with Crippen LogP contribution in [-0.4, -0.2) is 40.6 Å². The second kappa shape index (κ2) is 15.5. The monoisotopic (exact) mass is 840 g/mol. The Balaban J connectivity index is 0.000000136. The maximum Gasteiger partial charge on any atom is 0.196 e. The van der Waals surface area contributed by atoms with Crippen molar-refractivity contribution in [2.75, 3.05) is 0 Å². The molecule has 0 saturated carbocycles. The molecular formula is C44H29ClN4O4S4. The number of benzene rings is 6. The van der Waals surface area contributed by atoms with E-state index < -0.39 is 0 Å². The predicted molar refractivity (Wildman–Crippen MR) is 230 cm³/mol. The summed E-state index contributed by atoms with van der Waals surface area (Å²) < 4.78 is 17.0. The molecule has 8 nitrogen and oxygen atoms in total. The van der Waals surface area contributed by atoms with Gasteiger partial charge >= 0.3 is 0 Å². The van der Waals surface area contributed by atoms with Crippen molar-refractivity contribution >= 4 is 105 Å². The number of nitrogens with zero attached hydrogens (tertiary/aromatic N) is 4. The minimum atomic E-state index is -0.204. The average molecular weight is 841 g/mol. The van der Waals surface area contributed by atoms with E-state index in [2.05, 4.69) is 94.2 Å². The fourth-order valence-electron chi connectivity index (χ4n) is 6.69. The minimum Gasteiger partial charge on any atom is -0.289 e. The molecule has 0 spiro atoms. The number of carbonyl (C=O) groups excluding carboxylic acids is 4. The van der Waals surface area contributed by atoms with E-state index in [0.717, 1.165) is 43.7 Å². The van der Waals surface area contributed by atoms with Crippen LogP contribution in [0.4, 0.5) is 0 Å². The van der Waals surface area contributed by atoms with Crippen molar-refractivity contribution in [3.8, 4) is 0 Å². The van der Waals surface area contributed by atoms with E-state index >= 15 is 0 Å². The van der Waals surface area contributed by atoms with Crippen molar-refractivity contribution in [2.45, 2.75) is 42.4 Å². The molecule has 0 bridgehead atoms. The van der Waals surface area contributed by atoms with Gasteiger partial charge in [0.2, 0.25) is 0 Å². The Bertz CT molecular complexity index is 3010. The van der Waals surface area contributed by atoms with Crippen LogP contribution in [0.5, 0.6) is 0 Å². The maximum absolute atomic E-state index is 13.1. The van der Waals surface area contributed by atoms with Gasteiger partial charge in [0.05, 0.1) is 39.6 Å². The zero-order chi connectivity index (χ0) is 40.1. The average Bonchev–Trinajstić information content (AvgIpc) is 3.91. The van der Waals surface area contributed by atoms with Gasteiger partial charge in [-0.2, -0.15) is 17.5 Å². The number of aryl methyl sites for hydroxylation is 4. The van der Waals surface area contributed by atoms with E-state index in [-0.39, 0.29) is 23.1 Å². The van der Waals surface area contributed by atoms with Crippen molar-refractivity contribution in [1.82, 2.24) is 17.5 Å². The molecule has 0 saturated heterocycles. The molecule has 0 aliphatic heterocycles. The van der Waals surface area contributed by atoms with Crippen molar-refractivity contribution in [1.29, 1.82) is 0 Å². The van der Waals surface area contributed by atoms with Crippen LogP contribution >= 0.6 is 59.4 Å². The normalized spacial score (nSPS) is 12.6. The standard InChI is InChI=1S/C22H14N2O2S2.C14H5ClN2O2S.C8H10S/c1-11-7-8-12(2)16(9-11)27-17-10-15-18(20-19(17)23-28-24-20)22(26)14-6-4-3-5-13(14)21(15)25;15-9-5-8-10(12-11(9)16-20-17-12)14(19)7-4-2-1-3-6(7)13(8)18;1-6-3-4-7(2)8(9)5-6/h3-10H,1-2H3;1-5H;3-5,9H,1-2H3. The van der Waals surface area contributed by atoms with Crippen LogP contribution in [0.15, 0.2) is 112 Å². The van der Waals surface area contributed by atoms with Gasteiger partial charge in [-0.3, -0.25) is 19.2 Å². The summed E-state index contributed by atoms with van der Waals surface area (Å²) in [4.78, 5) is 54.4. The molecule has 2 heterocycles. The van der Waals surface area contributed by atoms with Crippen molar-refractivity contribution < 1.29 is 19.2 Å². The van der Waals surface area contributed by atoms with Crippen LogP contribution in [0, 0.1) is 27.7 Å². The van der Waals surface area contributed by atoms with E-state index in [9.17, 15) is 19.2 Å². The van der Waals surface area contributed by atoms with E-state index in [1.165, 1.54) is 22.8 Å². The molecule has 13 heteroatoms. The Morgan fingerprint density at radius 2 is 0.947 bits per heavy atom. The van der Waals surface area contributed by atoms with Crippen molar-refractivity contribution in [2.24, 2.45) is 0 Å². The smallest absolute Gasteiger partial charge is 0.196 e. The number of carbonyl (C=O) groups is 4. The van der Waals surface area contributed by atoms with Gasteiger partial charge in [-0.25, -0.2) is 0 Å². The topological polar surface area (TPSA) is 120 Å². The molecule has 0 radical (unpaired) electrons. The first-order valence-electron chi connectivity index (χ1n) is 17.5. The van der Waals surface area contributed by atoms with Crippen LogP contribution in [0.1, 0.15) is 85.9 Å². The van der Waals surface area contributed by atoms with E-state index in [1.807, 2.05) is 6.07 Å². The number of fused-ring (bicyclic) bond motifs is 8. The SMILES string of the molecule is Cc1ccc(C)c(S)c1.Cc1ccc(C)c(Sc2cc3c(c4nsnc24)C(=O)c2ccccc2C3=O)c1.O=C1c2ccccc2C(=O)c2c1cc(Cl)c1nsnc21. The number of hydrogen-bond donors (Lipinski definition) is 1. The Labute approximate surface area is 350 Å². The van der Waals surface area contributed by atoms with Gasteiger partial charge in [0, 0.05) is 48.1 Å². The summed E-state index contributed by atoms with van der Waals surface area (Å²) in [5.74, 6) is -0.703. The summed E-state index contributed by atoms with van der Waals surface area (Å²) in [6, 6.07) is 29.6. The van der Waals surface area contributed by atoms with E-state index in [1.54, 1.807) is 60.3 Å². The summed E-state index contributed by atoms with van der Waals surface area (Å²) in [5, 5.41) is 0.341. The molecule has 280 valence electrons. The first kappa shape index (κ1) is 38.5. The van der Waals surface area contributed by atoms with E-state index in [0.29, 0.717) is 71.6 Å². The van der Waals surface area contributed by atoms with E-state index in [4.69, 9.17) is 11.6 Å². The molecule has 57 heavy (non-hydrogen) atoms. The lowest BCUT2D eigenvalue weighted by Crippen LogP contribution is -2.21. The molecule has 2 aliphatic carbocycles. The second-order valence-corrected chi connectivity index (χ2v) is 16.6. The number of ketones is 4. The summed E-state index contributed by atoms with van der Waals surface area (Å²) in [5.41, 5.74) is 9.99. The molecule has 0 amide bonds. The van der Waals surface area contributed by atoms with Gasteiger partial charge in [0.1, 0.15) is 22.1 Å². The van der Waals surface area contributed by atoms with Crippen LogP contribution in [0.2, 0.25) is 5.02 Å². The number of halogens is 1. The summed E-state index contributed by atoms with van der Waals surface area (Å²) in [6.07, 6.45) is 0. The Morgan fingerprint density at radius 1 is 0.491 bits per heavy atom.